The van der Waals surface area contributed by atoms with Crippen molar-refractivity contribution in [3.8, 4) is 22.6 Å². The van der Waals surface area contributed by atoms with E-state index in [1.807, 2.05) is 0 Å². The number of aromatic hydroxyl groups is 2. The van der Waals surface area contributed by atoms with Crippen molar-refractivity contribution in [2.45, 2.75) is 0 Å². The number of aldehydes is 1. The van der Waals surface area contributed by atoms with Crippen molar-refractivity contribution in [3.05, 3.63) is 47.0 Å². The maximum absolute atomic E-state index is 10.7. The summed E-state index contributed by atoms with van der Waals surface area (Å²) in [7, 11) is 0. The predicted octanol–water partition coefficient (Wildman–Crippen LogP) is 3.23. The third-order valence-corrected chi connectivity index (χ3v) is 2.76. The molecule has 0 saturated carbocycles. The monoisotopic (exact) mass is 248 g/mol. The maximum Gasteiger partial charge on any atom is 0.153 e. The molecule has 0 unspecified atom stereocenters. The molecule has 2 aromatic rings. The lowest BCUT2D eigenvalue weighted by atomic mass is 10.0. The summed E-state index contributed by atoms with van der Waals surface area (Å²) in [6.07, 6.45) is 0.565. The number of hydrogen-bond acceptors (Lipinski definition) is 3. The van der Waals surface area contributed by atoms with E-state index in [4.69, 9.17) is 11.6 Å². The number of carbonyl (C=O) groups excluding carboxylic acids is 1. The molecule has 2 aromatic carbocycles. The van der Waals surface area contributed by atoms with Crippen molar-refractivity contribution in [3.63, 3.8) is 0 Å². The van der Waals surface area contributed by atoms with Gasteiger partial charge in [0.15, 0.2) is 6.29 Å². The Morgan fingerprint density at radius 1 is 1.06 bits per heavy atom. The SMILES string of the molecule is O=Cc1cccc(-c2cc(O)ccc2Cl)c1O. The molecule has 4 heteroatoms. The van der Waals surface area contributed by atoms with Gasteiger partial charge in [0.05, 0.1) is 5.56 Å². The van der Waals surface area contributed by atoms with Gasteiger partial charge in [0.25, 0.3) is 0 Å². The maximum atomic E-state index is 10.7. The Labute approximate surface area is 103 Å². The lowest BCUT2D eigenvalue weighted by Gasteiger charge is -2.08. The van der Waals surface area contributed by atoms with Crippen LogP contribution in [0.5, 0.6) is 11.5 Å². The van der Waals surface area contributed by atoms with Crippen LogP contribution in [0.3, 0.4) is 0 Å². The van der Waals surface area contributed by atoms with Crippen LogP contribution in [0, 0.1) is 0 Å². The van der Waals surface area contributed by atoms with E-state index < -0.39 is 0 Å². The van der Waals surface area contributed by atoms with Gasteiger partial charge in [-0.05, 0) is 24.3 Å². The molecule has 0 spiro atoms. The molecule has 0 saturated heterocycles. The number of rotatable bonds is 2. The van der Waals surface area contributed by atoms with E-state index in [9.17, 15) is 15.0 Å². The average molecular weight is 249 g/mol. The molecule has 17 heavy (non-hydrogen) atoms. The largest absolute Gasteiger partial charge is 0.508 e. The molecule has 0 atom stereocenters. The highest BCUT2D eigenvalue weighted by atomic mass is 35.5. The van der Waals surface area contributed by atoms with Gasteiger partial charge in [0.2, 0.25) is 0 Å². The second-order valence-electron chi connectivity index (χ2n) is 3.53. The normalized spacial score (nSPS) is 10.2. The fraction of sp³-hybridized carbons (Fsp3) is 0. The zero-order chi connectivity index (χ0) is 12.4. The van der Waals surface area contributed by atoms with E-state index in [-0.39, 0.29) is 17.1 Å². The summed E-state index contributed by atoms with van der Waals surface area (Å²) in [4.78, 5) is 10.7. The van der Waals surface area contributed by atoms with Crippen LogP contribution in [0.15, 0.2) is 36.4 Å². The van der Waals surface area contributed by atoms with Crippen molar-refractivity contribution in [2.24, 2.45) is 0 Å². The summed E-state index contributed by atoms with van der Waals surface area (Å²) in [5, 5.41) is 19.7. The molecular weight excluding hydrogens is 240 g/mol. The molecule has 0 amide bonds. The molecule has 3 nitrogen and oxygen atoms in total. The highest BCUT2D eigenvalue weighted by Crippen LogP contribution is 2.37. The molecule has 2 rings (SSSR count). The Kier molecular flexibility index (Phi) is 3.02. The molecule has 2 N–H and O–H groups in total. The second kappa shape index (κ2) is 4.47. The van der Waals surface area contributed by atoms with Crippen molar-refractivity contribution in [1.29, 1.82) is 0 Å². The fourth-order valence-electron chi connectivity index (χ4n) is 1.59. The van der Waals surface area contributed by atoms with E-state index in [0.717, 1.165) is 0 Å². The smallest absolute Gasteiger partial charge is 0.153 e. The number of carbonyl (C=O) groups is 1. The lowest BCUT2D eigenvalue weighted by Crippen LogP contribution is -1.86. The molecule has 0 aliphatic carbocycles. The van der Waals surface area contributed by atoms with Crippen LogP contribution in [0.2, 0.25) is 5.02 Å². The van der Waals surface area contributed by atoms with E-state index in [1.165, 1.54) is 24.3 Å². The molecule has 0 aliphatic rings. The zero-order valence-corrected chi connectivity index (χ0v) is 9.48. The first kappa shape index (κ1) is 11.5. The number of benzene rings is 2. The number of hydrogen-bond donors (Lipinski definition) is 2. The van der Waals surface area contributed by atoms with E-state index >= 15 is 0 Å². The van der Waals surface area contributed by atoms with Gasteiger partial charge < -0.3 is 10.2 Å². The fourth-order valence-corrected chi connectivity index (χ4v) is 1.81. The van der Waals surface area contributed by atoms with E-state index in [0.29, 0.717) is 22.4 Å². The lowest BCUT2D eigenvalue weighted by molar-refractivity contribution is 0.112. The van der Waals surface area contributed by atoms with Crippen LogP contribution in [0.4, 0.5) is 0 Å². The van der Waals surface area contributed by atoms with Crippen LogP contribution >= 0.6 is 11.6 Å². The molecule has 0 heterocycles. The second-order valence-corrected chi connectivity index (χ2v) is 3.93. The molecule has 0 aromatic heterocycles. The van der Waals surface area contributed by atoms with Gasteiger partial charge >= 0.3 is 0 Å². The van der Waals surface area contributed by atoms with Gasteiger partial charge in [-0.3, -0.25) is 4.79 Å². The van der Waals surface area contributed by atoms with Gasteiger partial charge in [-0.2, -0.15) is 0 Å². The van der Waals surface area contributed by atoms with Crippen molar-refractivity contribution < 1.29 is 15.0 Å². The standard InChI is InChI=1S/C13H9ClO3/c14-12-5-4-9(16)6-11(12)10-3-1-2-8(7-15)13(10)17/h1-7,16-17H. The third kappa shape index (κ3) is 2.10. The Morgan fingerprint density at radius 3 is 2.53 bits per heavy atom. The number of phenols is 2. The molecular formula is C13H9ClO3. The first-order valence-corrected chi connectivity index (χ1v) is 5.27. The van der Waals surface area contributed by atoms with Crippen molar-refractivity contribution >= 4 is 17.9 Å². The van der Waals surface area contributed by atoms with E-state index in [1.54, 1.807) is 12.1 Å². The van der Waals surface area contributed by atoms with E-state index in [2.05, 4.69) is 0 Å². The molecule has 0 fully saturated rings. The minimum Gasteiger partial charge on any atom is -0.508 e. The number of para-hydroxylation sites is 1. The molecule has 0 radical (unpaired) electrons. The Hall–Kier alpha value is -2.00. The Bertz CT molecular complexity index is 579. The van der Waals surface area contributed by atoms with Gasteiger partial charge in [0.1, 0.15) is 11.5 Å². The molecule has 0 aliphatic heterocycles. The predicted molar refractivity (Wildman–Crippen MR) is 65.6 cm³/mol. The van der Waals surface area contributed by atoms with Gasteiger partial charge in [-0.15, -0.1) is 0 Å². The summed E-state index contributed by atoms with van der Waals surface area (Å²) >= 11 is 5.99. The molecule has 0 bridgehead atoms. The van der Waals surface area contributed by atoms with Crippen molar-refractivity contribution in [1.82, 2.24) is 0 Å². The average Bonchev–Trinajstić information content (AvgIpc) is 2.33. The summed E-state index contributed by atoms with van der Waals surface area (Å²) in [5.41, 5.74) is 1.07. The Morgan fingerprint density at radius 2 is 1.82 bits per heavy atom. The highest BCUT2D eigenvalue weighted by Gasteiger charge is 2.11. The summed E-state index contributed by atoms with van der Waals surface area (Å²) < 4.78 is 0. The van der Waals surface area contributed by atoms with Crippen LogP contribution in [0.1, 0.15) is 10.4 Å². The van der Waals surface area contributed by atoms with Crippen LogP contribution in [0.25, 0.3) is 11.1 Å². The van der Waals surface area contributed by atoms with Gasteiger partial charge in [0, 0.05) is 16.1 Å². The topological polar surface area (TPSA) is 57.5 Å². The Balaban J connectivity index is 2.68. The van der Waals surface area contributed by atoms with Crippen LogP contribution in [-0.2, 0) is 0 Å². The van der Waals surface area contributed by atoms with Crippen LogP contribution < -0.4 is 0 Å². The summed E-state index contributed by atoms with van der Waals surface area (Å²) in [6, 6.07) is 9.18. The summed E-state index contributed by atoms with van der Waals surface area (Å²) in [5.74, 6) is -0.102. The minimum atomic E-state index is -0.144. The number of phenolic OH excluding ortho intramolecular Hbond substituents is 2. The quantitative estimate of drug-likeness (QED) is 0.803. The van der Waals surface area contributed by atoms with Gasteiger partial charge in [-0.1, -0.05) is 23.7 Å². The van der Waals surface area contributed by atoms with Crippen molar-refractivity contribution in [2.75, 3.05) is 0 Å². The first-order valence-electron chi connectivity index (χ1n) is 4.89. The minimum absolute atomic E-state index is 0.0420. The first-order chi connectivity index (χ1) is 8.13. The van der Waals surface area contributed by atoms with Gasteiger partial charge in [-0.25, -0.2) is 0 Å². The molecule has 86 valence electrons. The summed E-state index contributed by atoms with van der Waals surface area (Å²) in [6.45, 7) is 0. The van der Waals surface area contributed by atoms with Crippen LogP contribution in [-0.4, -0.2) is 16.5 Å². The highest BCUT2D eigenvalue weighted by molar-refractivity contribution is 6.33. The zero-order valence-electron chi connectivity index (χ0n) is 8.72. The number of halogens is 1. The third-order valence-electron chi connectivity index (χ3n) is 2.43.